The van der Waals surface area contributed by atoms with Crippen LogP contribution < -0.4 is 0 Å². The van der Waals surface area contributed by atoms with Crippen LogP contribution >= 0.6 is 11.6 Å². The minimum atomic E-state index is 0.143. The number of nitrogens with one attached hydrogen (secondary N) is 1. The van der Waals surface area contributed by atoms with Crippen molar-refractivity contribution in [3.05, 3.63) is 28.9 Å². The molecule has 0 aliphatic rings. The normalized spacial score (nSPS) is 10.7. The van der Waals surface area contributed by atoms with Crippen molar-refractivity contribution in [2.75, 3.05) is 0 Å². The average Bonchev–Trinajstić information content (AvgIpc) is 2.47. The molecule has 0 aliphatic heterocycles. The first kappa shape index (κ1) is 9.21. The minimum absolute atomic E-state index is 0.143. The molecule has 1 N–H and O–H groups in total. The first-order chi connectivity index (χ1) is 6.66. The molecule has 14 heavy (non-hydrogen) atoms. The van der Waals surface area contributed by atoms with E-state index in [4.69, 9.17) is 11.6 Å². The third kappa shape index (κ3) is 1.63. The highest BCUT2D eigenvalue weighted by atomic mass is 35.5. The van der Waals surface area contributed by atoms with Gasteiger partial charge in [-0.05, 0) is 24.6 Å². The summed E-state index contributed by atoms with van der Waals surface area (Å²) >= 11 is 5.88. The second kappa shape index (κ2) is 3.42. The van der Waals surface area contributed by atoms with Gasteiger partial charge in [-0.3, -0.25) is 9.89 Å². The highest BCUT2D eigenvalue weighted by Crippen LogP contribution is 2.21. The smallest absolute Gasteiger partial charge is 0.134 e. The molecule has 0 bridgehead atoms. The Kier molecular flexibility index (Phi) is 2.25. The molecule has 4 heteroatoms. The van der Waals surface area contributed by atoms with Crippen molar-refractivity contribution in [1.29, 1.82) is 0 Å². The molecule has 0 saturated carbocycles. The van der Waals surface area contributed by atoms with Crippen molar-refractivity contribution in [3.8, 4) is 0 Å². The van der Waals surface area contributed by atoms with Crippen LogP contribution in [-0.4, -0.2) is 16.0 Å². The van der Waals surface area contributed by atoms with Gasteiger partial charge < -0.3 is 0 Å². The van der Waals surface area contributed by atoms with E-state index >= 15 is 0 Å². The molecule has 1 aromatic heterocycles. The first-order valence-electron chi connectivity index (χ1n) is 4.29. The number of ketones is 1. The molecular weight excluding hydrogens is 200 g/mol. The lowest BCUT2D eigenvalue weighted by atomic mass is 10.1. The fourth-order valence-electron chi connectivity index (χ4n) is 1.42. The maximum Gasteiger partial charge on any atom is 0.134 e. The van der Waals surface area contributed by atoms with Crippen LogP contribution in [-0.2, 0) is 11.2 Å². The van der Waals surface area contributed by atoms with Crippen molar-refractivity contribution < 1.29 is 4.79 Å². The Bertz CT molecular complexity index is 490. The number of fused-ring (bicyclic) bond motifs is 1. The van der Waals surface area contributed by atoms with Gasteiger partial charge in [0.05, 0.1) is 5.52 Å². The largest absolute Gasteiger partial charge is 0.300 e. The molecule has 0 aliphatic carbocycles. The number of carbonyl (C=O) groups excluding carboxylic acids is 1. The second-order valence-corrected chi connectivity index (χ2v) is 3.65. The highest BCUT2D eigenvalue weighted by Gasteiger charge is 2.04. The summed E-state index contributed by atoms with van der Waals surface area (Å²) in [5.74, 6) is 0.143. The molecule has 0 spiro atoms. The third-order valence-corrected chi connectivity index (χ3v) is 2.31. The van der Waals surface area contributed by atoms with E-state index < -0.39 is 0 Å². The lowest BCUT2D eigenvalue weighted by molar-refractivity contribution is -0.116. The number of nitrogens with zero attached hydrogens (tertiary/aromatic N) is 1. The molecule has 0 atom stereocenters. The Hall–Kier alpha value is -1.35. The van der Waals surface area contributed by atoms with Gasteiger partial charge in [0.1, 0.15) is 10.9 Å². The van der Waals surface area contributed by atoms with Gasteiger partial charge in [0.25, 0.3) is 0 Å². The Balaban J connectivity index is 2.49. The van der Waals surface area contributed by atoms with Gasteiger partial charge in [-0.2, -0.15) is 5.10 Å². The summed E-state index contributed by atoms with van der Waals surface area (Å²) in [4.78, 5) is 10.9. The number of benzene rings is 1. The zero-order valence-corrected chi connectivity index (χ0v) is 8.43. The van der Waals surface area contributed by atoms with Crippen LogP contribution in [0.3, 0.4) is 0 Å². The molecule has 2 aromatic rings. The van der Waals surface area contributed by atoms with Gasteiger partial charge in [-0.1, -0.05) is 17.7 Å². The van der Waals surface area contributed by atoms with E-state index in [0.717, 1.165) is 16.5 Å². The number of hydrogen-bond acceptors (Lipinski definition) is 2. The van der Waals surface area contributed by atoms with Crippen molar-refractivity contribution in [2.24, 2.45) is 0 Å². The summed E-state index contributed by atoms with van der Waals surface area (Å²) in [6, 6.07) is 5.64. The minimum Gasteiger partial charge on any atom is -0.300 e. The van der Waals surface area contributed by atoms with E-state index in [-0.39, 0.29) is 5.78 Å². The highest BCUT2D eigenvalue weighted by molar-refractivity contribution is 6.34. The fraction of sp³-hybridized carbons (Fsp3) is 0.200. The molecule has 1 heterocycles. The molecule has 0 unspecified atom stereocenters. The molecule has 0 fully saturated rings. The summed E-state index contributed by atoms with van der Waals surface area (Å²) in [5, 5.41) is 8.07. The lowest BCUT2D eigenvalue weighted by Gasteiger charge is -1.96. The number of hydrogen-bond donors (Lipinski definition) is 1. The number of rotatable bonds is 2. The van der Waals surface area contributed by atoms with Crippen LogP contribution in [0.1, 0.15) is 12.5 Å². The lowest BCUT2D eigenvalue weighted by Crippen LogP contribution is -1.95. The summed E-state index contributed by atoms with van der Waals surface area (Å²) < 4.78 is 0. The van der Waals surface area contributed by atoms with Gasteiger partial charge in [0.2, 0.25) is 0 Å². The van der Waals surface area contributed by atoms with Gasteiger partial charge in [0, 0.05) is 11.8 Å². The monoisotopic (exact) mass is 208 g/mol. The van der Waals surface area contributed by atoms with Crippen molar-refractivity contribution in [1.82, 2.24) is 10.2 Å². The molecule has 72 valence electrons. The number of halogens is 1. The summed E-state index contributed by atoms with van der Waals surface area (Å²) in [6.45, 7) is 1.57. The number of H-pyrrole nitrogens is 1. The number of aromatic amines is 1. The van der Waals surface area contributed by atoms with Gasteiger partial charge in [-0.15, -0.1) is 0 Å². The average molecular weight is 209 g/mol. The maximum atomic E-state index is 10.9. The SMILES string of the molecule is CC(=O)Cc1ccc2n[nH]c(Cl)c2c1. The zero-order valence-electron chi connectivity index (χ0n) is 7.67. The van der Waals surface area contributed by atoms with Gasteiger partial charge in [0.15, 0.2) is 0 Å². The Morgan fingerprint density at radius 2 is 2.36 bits per heavy atom. The molecule has 0 saturated heterocycles. The maximum absolute atomic E-state index is 10.9. The van der Waals surface area contributed by atoms with Crippen molar-refractivity contribution >= 4 is 28.3 Å². The van der Waals surface area contributed by atoms with Crippen LogP contribution in [0.25, 0.3) is 10.9 Å². The van der Waals surface area contributed by atoms with Crippen LogP contribution in [0, 0.1) is 0 Å². The Morgan fingerprint density at radius 1 is 1.57 bits per heavy atom. The number of Topliss-reactive ketones (excluding diaryl/α,β-unsaturated/α-hetero) is 1. The predicted molar refractivity (Wildman–Crippen MR) is 55.5 cm³/mol. The molecule has 3 nitrogen and oxygen atoms in total. The van der Waals surface area contributed by atoms with Crippen LogP contribution in [0.5, 0.6) is 0 Å². The van der Waals surface area contributed by atoms with Gasteiger partial charge in [-0.25, -0.2) is 0 Å². The second-order valence-electron chi connectivity index (χ2n) is 3.27. The Morgan fingerprint density at radius 3 is 3.07 bits per heavy atom. The molecule has 2 rings (SSSR count). The van der Waals surface area contributed by atoms with E-state index in [9.17, 15) is 4.79 Å². The summed E-state index contributed by atoms with van der Waals surface area (Å²) in [7, 11) is 0. The molecule has 1 aromatic carbocycles. The van der Waals surface area contributed by atoms with E-state index in [1.807, 2.05) is 18.2 Å². The Labute approximate surface area is 86.1 Å². The van der Waals surface area contributed by atoms with E-state index in [0.29, 0.717) is 11.6 Å². The number of aromatic nitrogens is 2. The van der Waals surface area contributed by atoms with Crippen LogP contribution in [0.4, 0.5) is 0 Å². The standard InChI is InChI=1S/C10H9ClN2O/c1-6(14)4-7-2-3-9-8(5-7)10(11)13-12-9/h2-3,5H,4H2,1H3,(H,12,13). The van der Waals surface area contributed by atoms with Gasteiger partial charge >= 0.3 is 0 Å². The first-order valence-corrected chi connectivity index (χ1v) is 4.66. The zero-order chi connectivity index (χ0) is 10.1. The van der Waals surface area contributed by atoms with Crippen LogP contribution in [0.2, 0.25) is 5.15 Å². The van der Waals surface area contributed by atoms with Crippen molar-refractivity contribution in [2.45, 2.75) is 13.3 Å². The topological polar surface area (TPSA) is 45.8 Å². The molecular formula is C10H9ClN2O. The van der Waals surface area contributed by atoms with E-state index in [1.165, 1.54) is 0 Å². The quantitative estimate of drug-likeness (QED) is 0.824. The van der Waals surface area contributed by atoms with Crippen LogP contribution in [0.15, 0.2) is 18.2 Å². The number of carbonyl (C=O) groups is 1. The third-order valence-electron chi connectivity index (χ3n) is 2.03. The summed E-state index contributed by atoms with van der Waals surface area (Å²) in [6.07, 6.45) is 0.442. The van der Waals surface area contributed by atoms with Crippen molar-refractivity contribution in [3.63, 3.8) is 0 Å². The molecule has 0 radical (unpaired) electrons. The fourth-order valence-corrected chi connectivity index (χ4v) is 1.62. The summed E-state index contributed by atoms with van der Waals surface area (Å²) in [5.41, 5.74) is 1.79. The predicted octanol–water partition coefficient (Wildman–Crippen LogP) is 2.35. The van der Waals surface area contributed by atoms with E-state index in [1.54, 1.807) is 6.92 Å². The van der Waals surface area contributed by atoms with E-state index in [2.05, 4.69) is 10.2 Å². The molecule has 0 amide bonds.